The van der Waals surface area contributed by atoms with Crippen molar-refractivity contribution in [3.8, 4) is 22.5 Å². The van der Waals surface area contributed by atoms with Crippen molar-refractivity contribution in [2.75, 3.05) is 0 Å². The summed E-state index contributed by atoms with van der Waals surface area (Å²) in [6.45, 7) is 0. The number of benzene rings is 6. The lowest BCUT2D eigenvalue weighted by atomic mass is 10.0. The van der Waals surface area contributed by atoms with Gasteiger partial charge in [0, 0.05) is 32.8 Å². The van der Waals surface area contributed by atoms with Crippen LogP contribution in [-0.2, 0) is 0 Å². The molecule has 8 aromatic rings. The molecule has 0 radical (unpaired) electrons. The molecule has 0 unspecified atom stereocenters. The van der Waals surface area contributed by atoms with Crippen molar-refractivity contribution < 1.29 is 17.8 Å². The summed E-state index contributed by atoms with van der Waals surface area (Å²) in [5, 5.41) is 1.43. The smallest absolute Gasteiger partial charge is 0.0645 e. The van der Waals surface area contributed by atoms with Gasteiger partial charge in [0.2, 0.25) is 0 Å². The predicted molar refractivity (Wildman–Crippen MR) is 161 cm³/mol. The van der Waals surface area contributed by atoms with Gasteiger partial charge in [-0.2, -0.15) is 0 Å². The third-order valence-electron chi connectivity index (χ3n) is 6.86. The van der Waals surface area contributed by atoms with Crippen LogP contribution in [0.3, 0.4) is 0 Å². The monoisotopic (exact) mass is 497 g/mol. The van der Waals surface area contributed by atoms with Crippen LogP contribution >= 0.6 is 0 Å². The molecule has 0 saturated carbocycles. The molecule has 2 heteroatoms. The zero-order chi connectivity index (χ0) is 36.4. The minimum Gasteiger partial charge on any atom is -0.309 e. The van der Waals surface area contributed by atoms with E-state index in [4.69, 9.17) is 17.8 Å². The summed E-state index contributed by atoms with van der Waals surface area (Å²) < 4.78 is 114. The van der Waals surface area contributed by atoms with E-state index in [0.717, 1.165) is 10.9 Å². The van der Waals surface area contributed by atoms with Crippen LogP contribution in [-0.4, -0.2) is 9.13 Å². The van der Waals surface area contributed by atoms with Crippen LogP contribution in [0.15, 0.2) is 145 Å². The van der Waals surface area contributed by atoms with E-state index >= 15 is 0 Å². The number of nitrogens with zero attached hydrogens (tertiary/aromatic N) is 2. The molecule has 0 atom stereocenters. The highest BCUT2D eigenvalue weighted by molar-refractivity contribution is 6.12. The molecular weight excluding hydrogens is 460 g/mol. The highest BCUT2D eigenvalue weighted by Gasteiger charge is 2.17. The highest BCUT2D eigenvalue weighted by atomic mass is 15.0. The quantitative estimate of drug-likeness (QED) is 0.230. The minimum absolute atomic E-state index is 0.0117. The molecule has 2 heterocycles. The molecule has 6 aromatic carbocycles. The van der Waals surface area contributed by atoms with E-state index in [1.807, 2.05) is 28.8 Å². The van der Waals surface area contributed by atoms with E-state index in [9.17, 15) is 0 Å². The Labute approximate surface area is 238 Å². The Bertz CT molecular complexity index is 2750. The molecule has 0 aliphatic heterocycles. The van der Waals surface area contributed by atoms with Gasteiger partial charge in [0.05, 0.1) is 45.6 Å². The van der Waals surface area contributed by atoms with E-state index in [1.165, 1.54) is 4.57 Å². The fraction of sp³-hybridized carbons (Fsp3) is 0. The van der Waals surface area contributed by atoms with Crippen LogP contribution in [0.4, 0.5) is 0 Å². The average Bonchev–Trinajstić information content (AvgIpc) is 3.67. The molecule has 2 nitrogen and oxygen atoms in total. The van der Waals surface area contributed by atoms with E-state index in [2.05, 4.69) is 0 Å². The summed E-state index contributed by atoms with van der Waals surface area (Å²) >= 11 is 0. The second kappa shape index (κ2) is 8.22. The molecule has 0 spiro atoms. The maximum atomic E-state index is 8.89. The fourth-order valence-corrected chi connectivity index (χ4v) is 5.30. The standard InChI is InChI=1S/C36H24N2/c1-2-12-25(13-3-1)27-14-4-8-18-32(27)38-35-21-11-7-17-30(35)31-24-26(22-23-36(31)38)37-33-19-9-5-15-28(33)29-16-6-10-20-34(29)37/h1-24H/i1D,2D,3D,5D,6D,9D,10D,12D,13D,15D,16D,19D,20D. The number of para-hydroxylation sites is 4. The van der Waals surface area contributed by atoms with Gasteiger partial charge in [-0.05, 0) is 48.0 Å². The highest BCUT2D eigenvalue weighted by Crippen LogP contribution is 2.38. The summed E-state index contributed by atoms with van der Waals surface area (Å²) in [6.07, 6.45) is 0. The van der Waals surface area contributed by atoms with Crippen molar-refractivity contribution in [1.82, 2.24) is 9.13 Å². The first kappa shape index (κ1) is 12.0. The minimum atomic E-state index is -0.518. The van der Waals surface area contributed by atoms with Crippen LogP contribution in [0.2, 0.25) is 0 Å². The van der Waals surface area contributed by atoms with Gasteiger partial charge in [0.25, 0.3) is 0 Å². The Balaban J connectivity index is 1.50. The van der Waals surface area contributed by atoms with Gasteiger partial charge in [-0.25, -0.2) is 0 Å². The average molecular weight is 498 g/mol. The molecule has 2 aromatic heterocycles. The Hall–Kier alpha value is -5.08. The second-order valence-corrected chi connectivity index (χ2v) is 8.85. The second-order valence-electron chi connectivity index (χ2n) is 8.85. The van der Waals surface area contributed by atoms with Crippen LogP contribution in [0.5, 0.6) is 0 Å². The van der Waals surface area contributed by atoms with Gasteiger partial charge >= 0.3 is 0 Å². The number of hydrogen-bond acceptors (Lipinski definition) is 0. The van der Waals surface area contributed by atoms with Crippen molar-refractivity contribution in [3.63, 3.8) is 0 Å². The van der Waals surface area contributed by atoms with Gasteiger partial charge in [0.15, 0.2) is 0 Å². The predicted octanol–water partition coefficient (Wildman–Crippen LogP) is 9.55. The number of hydrogen-bond donors (Lipinski definition) is 0. The molecule has 8 rings (SSSR count). The van der Waals surface area contributed by atoms with Crippen LogP contribution in [0.1, 0.15) is 17.8 Å². The lowest BCUT2D eigenvalue weighted by Gasteiger charge is -2.14. The number of aromatic nitrogens is 2. The van der Waals surface area contributed by atoms with Gasteiger partial charge in [-0.1, -0.05) is 103 Å². The fourth-order valence-electron chi connectivity index (χ4n) is 5.30. The first-order valence-electron chi connectivity index (χ1n) is 18.5. The first-order valence-corrected chi connectivity index (χ1v) is 12.0. The summed E-state index contributed by atoms with van der Waals surface area (Å²) in [4.78, 5) is 0. The summed E-state index contributed by atoms with van der Waals surface area (Å²) in [7, 11) is 0. The first-order chi connectivity index (χ1) is 24.3. The summed E-state index contributed by atoms with van der Waals surface area (Å²) in [6, 6.07) is 14.1. The zero-order valence-corrected chi connectivity index (χ0v) is 19.7. The van der Waals surface area contributed by atoms with Gasteiger partial charge < -0.3 is 9.13 Å². The maximum Gasteiger partial charge on any atom is 0.0645 e. The summed E-state index contributed by atoms with van der Waals surface area (Å²) in [5.74, 6) is 0. The Kier molecular flexibility index (Phi) is 2.59. The lowest BCUT2D eigenvalue weighted by Crippen LogP contribution is -1.97. The molecule has 0 aliphatic rings. The van der Waals surface area contributed by atoms with Crippen molar-refractivity contribution in [2.24, 2.45) is 0 Å². The van der Waals surface area contributed by atoms with Crippen LogP contribution in [0.25, 0.3) is 66.1 Å². The molecular formula is C36H24N2. The largest absolute Gasteiger partial charge is 0.309 e. The van der Waals surface area contributed by atoms with Gasteiger partial charge in [-0.15, -0.1) is 0 Å². The molecule has 178 valence electrons. The van der Waals surface area contributed by atoms with Gasteiger partial charge in [0.1, 0.15) is 0 Å². The third kappa shape index (κ3) is 3.01. The third-order valence-corrected chi connectivity index (χ3v) is 6.86. The van der Waals surface area contributed by atoms with E-state index in [-0.39, 0.29) is 39.5 Å². The van der Waals surface area contributed by atoms with Crippen molar-refractivity contribution in [2.45, 2.75) is 0 Å². The molecule has 0 amide bonds. The molecule has 0 fully saturated rings. The normalized spacial score (nSPS) is 16.5. The molecule has 38 heavy (non-hydrogen) atoms. The topological polar surface area (TPSA) is 9.86 Å². The van der Waals surface area contributed by atoms with E-state index < -0.39 is 66.5 Å². The number of rotatable bonds is 3. The molecule has 0 bridgehead atoms. The van der Waals surface area contributed by atoms with E-state index in [0.29, 0.717) is 27.8 Å². The molecule has 0 N–H and O–H groups in total. The van der Waals surface area contributed by atoms with Crippen molar-refractivity contribution in [3.05, 3.63) is 145 Å². The molecule has 0 aliphatic carbocycles. The SMILES string of the molecule is [2H]c1c([2H])c([2H])c(-c2ccccc2-n2c3ccccc3c3cc(-n4c5c([2H])c([2H])c([2H])c([2H])c5c5c([2H])c([2H])c([2H])c([2H])c54)ccc32)c([2H])c1[2H]. The lowest BCUT2D eigenvalue weighted by molar-refractivity contribution is 1.17. The maximum absolute atomic E-state index is 8.89. The zero-order valence-electron chi connectivity index (χ0n) is 32.7. The Morgan fingerprint density at radius 1 is 0.447 bits per heavy atom. The van der Waals surface area contributed by atoms with Crippen molar-refractivity contribution in [1.29, 1.82) is 0 Å². The van der Waals surface area contributed by atoms with Crippen LogP contribution in [0, 0.1) is 0 Å². The summed E-state index contributed by atoms with van der Waals surface area (Å²) in [5.41, 5.74) is 2.83. The Morgan fingerprint density at radius 3 is 1.87 bits per heavy atom. The van der Waals surface area contributed by atoms with Crippen molar-refractivity contribution >= 4 is 43.6 Å². The van der Waals surface area contributed by atoms with E-state index in [1.54, 1.807) is 42.5 Å². The van der Waals surface area contributed by atoms with Gasteiger partial charge in [-0.3, -0.25) is 0 Å². The number of fused-ring (bicyclic) bond motifs is 6. The molecule has 0 saturated heterocycles. The van der Waals surface area contributed by atoms with Crippen LogP contribution < -0.4 is 0 Å². The Morgan fingerprint density at radius 2 is 1.08 bits per heavy atom.